The fourth-order valence-corrected chi connectivity index (χ4v) is 3.49. The van der Waals surface area contributed by atoms with Crippen molar-refractivity contribution in [2.45, 2.75) is 60.3 Å². The zero-order valence-electron chi connectivity index (χ0n) is 17.3. The molecule has 0 bridgehead atoms. The van der Waals surface area contributed by atoms with Crippen LogP contribution >= 0.6 is 0 Å². The molecule has 0 heterocycles. The van der Waals surface area contributed by atoms with Crippen molar-refractivity contribution >= 4 is 5.91 Å². The van der Waals surface area contributed by atoms with Gasteiger partial charge in [0, 0.05) is 13.0 Å². The number of nitrogens with zero attached hydrogens (tertiary/aromatic N) is 1. The highest BCUT2D eigenvalue weighted by molar-refractivity contribution is 5.83. The Labute approximate surface area is 155 Å². The third kappa shape index (κ3) is 6.81. The van der Waals surface area contributed by atoms with Crippen LogP contribution in [0.2, 0.25) is 0 Å². The summed E-state index contributed by atoms with van der Waals surface area (Å²) in [5, 5.41) is 3.12. The topological polar surface area (TPSA) is 29.1 Å². The van der Waals surface area contributed by atoms with Crippen molar-refractivity contribution in [2.24, 2.45) is 5.92 Å². The first-order chi connectivity index (χ1) is 11.9. The first-order valence-corrected chi connectivity index (χ1v) is 10.1. The Morgan fingerprint density at radius 2 is 1.56 bits per heavy atom. The van der Waals surface area contributed by atoms with Gasteiger partial charge < -0.3 is 9.80 Å². The van der Waals surface area contributed by atoms with Gasteiger partial charge in [-0.3, -0.25) is 4.79 Å². The van der Waals surface area contributed by atoms with Gasteiger partial charge in [0.2, 0.25) is 5.91 Å². The van der Waals surface area contributed by atoms with Crippen molar-refractivity contribution in [1.82, 2.24) is 5.32 Å². The maximum Gasteiger partial charge on any atom is 0.227 e. The van der Waals surface area contributed by atoms with Crippen molar-refractivity contribution in [3.8, 4) is 0 Å². The van der Waals surface area contributed by atoms with E-state index in [1.54, 1.807) is 0 Å². The van der Waals surface area contributed by atoms with Gasteiger partial charge in [0.25, 0.3) is 0 Å². The summed E-state index contributed by atoms with van der Waals surface area (Å²) in [7, 11) is 0. The van der Waals surface area contributed by atoms with Gasteiger partial charge >= 0.3 is 0 Å². The monoisotopic (exact) mass is 347 g/mol. The van der Waals surface area contributed by atoms with Crippen molar-refractivity contribution in [3.63, 3.8) is 0 Å². The zero-order chi connectivity index (χ0) is 18.9. The Balaban J connectivity index is 2.46. The normalized spacial score (nSPS) is 13.1. The van der Waals surface area contributed by atoms with Crippen molar-refractivity contribution in [3.05, 3.63) is 35.4 Å². The predicted molar refractivity (Wildman–Crippen MR) is 108 cm³/mol. The molecule has 0 aliphatic carbocycles. The van der Waals surface area contributed by atoms with E-state index in [0.717, 1.165) is 36.0 Å². The van der Waals surface area contributed by atoms with Gasteiger partial charge in [0.05, 0.1) is 32.1 Å². The Kier molecular flexibility index (Phi) is 9.20. The average Bonchev–Trinajstić information content (AvgIpc) is 2.62. The molecule has 1 atom stereocenters. The van der Waals surface area contributed by atoms with Gasteiger partial charge in [-0.1, -0.05) is 38.1 Å². The van der Waals surface area contributed by atoms with Gasteiger partial charge in [0.1, 0.15) is 0 Å². The Hall–Kier alpha value is -1.35. The summed E-state index contributed by atoms with van der Waals surface area (Å²) in [5.74, 6) is 0.710. The predicted octanol–water partition coefficient (Wildman–Crippen LogP) is 4.37. The van der Waals surface area contributed by atoms with Crippen LogP contribution < -0.4 is 5.32 Å². The lowest BCUT2D eigenvalue weighted by Crippen LogP contribution is -2.49. The minimum Gasteiger partial charge on any atom is -0.355 e. The van der Waals surface area contributed by atoms with Crippen LogP contribution in [0.3, 0.4) is 0 Å². The van der Waals surface area contributed by atoms with E-state index >= 15 is 0 Å². The molecule has 1 amide bonds. The first kappa shape index (κ1) is 21.7. The van der Waals surface area contributed by atoms with Gasteiger partial charge in [-0.05, 0) is 51.2 Å². The Morgan fingerprint density at radius 1 is 1.00 bits per heavy atom. The summed E-state index contributed by atoms with van der Waals surface area (Å²) >= 11 is 0. The Bertz CT molecular complexity index is 495. The summed E-state index contributed by atoms with van der Waals surface area (Å²) in [6.07, 6.45) is 2.13. The molecule has 0 aliphatic heterocycles. The molecular weight excluding hydrogens is 308 g/mol. The molecule has 1 aromatic carbocycles. The maximum absolute atomic E-state index is 12.4. The molecule has 3 nitrogen and oxygen atoms in total. The smallest absolute Gasteiger partial charge is 0.227 e. The second kappa shape index (κ2) is 10.6. The van der Waals surface area contributed by atoms with Crippen LogP contribution in [-0.2, 0) is 11.2 Å². The highest BCUT2D eigenvalue weighted by atomic mass is 16.1. The van der Waals surface area contributed by atoms with Crippen LogP contribution in [-0.4, -0.2) is 43.1 Å². The van der Waals surface area contributed by atoms with E-state index in [4.69, 9.17) is 0 Å². The number of amides is 1. The van der Waals surface area contributed by atoms with Crippen LogP contribution in [0, 0.1) is 5.92 Å². The molecule has 0 aromatic heterocycles. The quantitative estimate of drug-likeness (QED) is 0.467. The van der Waals surface area contributed by atoms with Gasteiger partial charge in [-0.25, -0.2) is 0 Å². The molecular formula is C22H39N2O+. The SMILES string of the molecule is CC[N+](CC)(CC)CCCNC(=O)C(C)c1ccc(CC(C)C)cc1. The molecule has 3 heteroatoms. The summed E-state index contributed by atoms with van der Waals surface area (Å²) < 4.78 is 1.14. The molecule has 1 unspecified atom stereocenters. The minimum absolute atomic E-state index is 0.0872. The first-order valence-electron chi connectivity index (χ1n) is 10.1. The molecule has 1 rings (SSSR count). The maximum atomic E-state index is 12.4. The lowest BCUT2D eigenvalue weighted by atomic mass is 9.96. The molecule has 0 spiro atoms. The van der Waals surface area contributed by atoms with Crippen molar-refractivity contribution < 1.29 is 9.28 Å². The highest BCUT2D eigenvalue weighted by Crippen LogP contribution is 2.17. The minimum atomic E-state index is -0.0872. The number of hydrogen-bond donors (Lipinski definition) is 1. The second-order valence-corrected chi connectivity index (χ2v) is 7.72. The molecule has 0 radical (unpaired) electrons. The Morgan fingerprint density at radius 3 is 2.04 bits per heavy atom. The van der Waals surface area contributed by atoms with Crippen LogP contribution in [0.1, 0.15) is 65.0 Å². The molecule has 142 valence electrons. The number of rotatable bonds is 11. The van der Waals surface area contributed by atoms with E-state index in [2.05, 4.69) is 64.2 Å². The third-order valence-electron chi connectivity index (χ3n) is 5.64. The molecule has 0 saturated heterocycles. The molecule has 0 fully saturated rings. The highest BCUT2D eigenvalue weighted by Gasteiger charge is 2.20. The van der Waals surface area contributed by atoms with Crippen molar-refractivity contribution in [2.75, 3.05) is 32.7 Å². The van der Waals surface area contributed by atoms with E-state index in [1.807, 2.05) is 6.92 Å². The van der Waals surface area contributed by atoms with E-state index in [-0.39, 0.29) is 11.8 Å². The number of benzene rings is 1. The van der Waals surface area contributed by atoms with Crippen LogP contribution in [0.15, 0.2) is 24.3 Å². The number of carbonyl (C=O) groups excluding carboxylic acids is 1. The number of nitrogens with one attached hydrogen (secondary N) is 1. The van der Waals surface area contributed by atoms with Gasteiger partial charge in [-0.15, -0.1) is 0 Å². The van der Waals surface area contributed by atoms with Crippen LogP contribution in [0.5, 0.6) is 0 Å². The summed E-state index contributed by atoms with van der Waals surface area (Å²) in [4.78, 5) is 12.4. The molecule has 1 N–H and O–H groups in total. The fourth-order valence-electron chi connectivity index (χ4n) is 3.49. The standard InChI is InChI=1S/C22H38N2O/c1-7-24(8-2,9-3)16-10-15-23-22(25)19(6)21-13-11-20(12-14-21)17-18(4)5/h11-14,18-19H,7-10,15-17H2,1-6H3/p+1. The summed E-state index contributed by atoms with van der Waals surface area (Å²) in [5.41, 5.74) is 2.45. The van der Waals surface area contributed by atoms with E-state index in [1.165, 1.54) is 25.2 Å². The molecule has 0 aliphatic rings. The summed E-state index contributed by atoms with van der Waals surface area (Å²) in [6.45, 7) is 18.7. The average molecular weight is 348 g/mol. The molecule has 25 heavy (non-hydrogen) atoms. The van der Waals surface area contributed by atoms with Gasteiger partial charge in [0.15, 0.2) is 0 Å². The lowest BCUT2D eigenvalue weighted by molar-refractivity contribution is -0.923. The number of hydrogen-bond acceptors (Lipinski definition) is 1. The summed E-state index contributed by atoms with van der Waals surface area (Å²) in [6, 6.07) is 8.54. The second-order valence-electron chi connectivity index (χ2n) is 7.72. The third-order valence-corrected chi connectivity index (χ3v) is 5.64. The number of quaternary nitrogens is 1. The lowest BCUT2D eigenvalue weighted by Gasteiger charge is -2.35. The number of carbonyl (C=O) groups is 1. The molecule has 0 saturated carbocycles. The fraction of sp³-hybridized carbons (Fsp3) is 0.682. The largest absolute Gasteiger partial charge is 0.355 e. The molecule has 1 aromatic rings. The van der Waals surface area contributed by atoms with E-state index in [9.17, 15) is 4.79 Å². The van der Waals surface area contributed by atoms with E-state index in [0.29, 0.717) is 5.92 Å². The van der Waals surface area contributed by atoms with Crippen LogP contribution in [0.25, 0.3) is 0 Å². The zero-order valence-corrected chi connectivity index (χ0v) is 17.3. The van der Waals surface area contributed by atoms with Gasteiger partial charge in [-0.2, -0.15) is 0 Å². The van der Waals surface area contributed by atoms with Crippen LogP contribution in [0.4, 0.5) is 0 Å². The van der Waals surface area contributed by atoms with E-state index < -0.39 is 0 Å². The van der Waals surface area contributed by atoms with Crippen molar-refractivity contribution in [1.29, 1.82) is 0 Å².